The van der Waals surface area contributed by atoms with Gasteiger partial charge in [0.1, 0.15) is 0 Å². The minimum atomic E-state index is -0.200. The minimum Gasteiger partial charge on any atom is -0.378 e. The Labute approximate surface area is 344 Å². The SMILES string of the molecule is CN(C)c1ccc(-c2ccc(N(C)C)cc2C(=O)N2CCOCCOCCOCCOCCOCC2)c(C(=O)N2CCOCCOCCOCCOCCOCC2)c1. The van der Waals surface area contributed by atoms with Gasteiger partial charge in [0.2, 0.25) is 0 Å². The molecule has 0 unspecified atom stereocenters. The molecule has 0 atom stereocenters. The zero-order valence-corrected chi connectivity index (χ0v) is 35.1. The number of carbonyl (C=O) groups is 2. The largest absolute Gasteiger partial charge is 0.378 e. The van der Waals surface area contributed by atoms with Gasteiger partial charge in [-0.1, -0.05) is 12.1 Å². The number of hydrogen-bond donors (Lipinski definition) is 0. The summed E-state index contributed by atoms with van der Waals surface area (Å²) in [6, 6.07) is 11.5. The highest BCUT2D eigenvalue weighted by atomic mass is 16.6. The highest BCUT2D eigenvalue weighted by Crippen LogP contribution is 2.34. The van der Waals surface area contributed by atoms with Gasteiger partial charge < -0.3 is 67.0 Å². The number of amides is 2. The van der Waals surface area contributed by atoms with Crippen LogP contribution in [-0.2, 0) is 47.4 Å². The van der Waals surface area contributed by atoms with E-state index in [1.165, 1.54) is 0 Å². The van der Waals surface area contributed by atoms with E-state index < -0.39 is 0 Å². The summed E-state index contributed by atoms with van der Waals surface area (Å²) in [6.07, 6.45) is 0. The second-order valence-electron chi connectivity index (χ2n) is 14.0. The molecule has 0 spiro atoms. The highest BCUT2D eigenvalue weighted by Gasteiger charge is 2.26. The van der Waals surface area contributed by atoms with Crippen LogP contribution in [0.3, 0.4) is 0 Å². The Morgan fingerprint density at radius 1 is 0.379 bits per heavy atom. The van der Waals surface area contributed by atoms with Gasteiger partial charge in [-0.3, -0.25) is 9.59 Å². The lowest BCUT2D eigenvalue weighted by Gasteiger charge is -2.27. The normalized spacial score (nSPS) is 19.5. The van der Waals surface area contributed by atoms with Crippen molar-refractivity contribution in [3.8, 4) is 11.1 Å². The van der Waals surface area contributed by atoms with Crippen LogP contribution < -0.4 is 9.80 Å². The molecule has 326 valence electrons. The topological polar surface area (TPSA) is 139 Å². The molecule has 2 fully saturated rings. The standard InChI is InChI=1S/C42H66N4O12/c1-43(2)35-5-7-37(39(33-35)41(47)45-9-13-49-17-21-53-25-29-57-30-26-54-22-18-50-14-10-45)38-8-6-36(44(3)4)34-40(38)42(48)46-11-15-51-19-23-55-27-31-58-32-28-56-24-20-52-16-12-46/h5-8,33-34H,9-32H2,1-4H3. The third-order valence-corrected chi connectivity index (χ3v) is 9.36. The van der Waals surface area contributed by atoms with Crippen LogP contribution in [0.4, 0.5) is 11.4 Å². The first-order valence-electron chi connectivity index (χ1n) is 20.4. The molecule has 0 N–H and O–H groups in total. The predicted octanol–water partition coefficient (Wildman–Crippen LogP) is 2.56. The Kier molecular flexibility index (Phi) is 22.9. The van der Waals surface area contributed by atoms with Crippen LogP contribution in [-0.4, -0.2) is 208 Å². The number of carbonyl (C=O) groups excluding carboxylic acids is 2. The fourth-order valence-corrected chi connectivity index (χ4v) is 6.08. The van der Waals surface area contributed by atoms with Crippen molar-refractivity contribution in [2.45, 2.75) is 0 Å². The molecule has 2 aliphatic rings. The van der Waals surface area contributed by atoms with Crippen LogP contribution in [0.1, 0.15) is 20.7 Å². The van der Waals surface area contributed by atoms with Gasteiger partial charge in [-0.2, -0.15) is 0 Å². The van der Waals surface area contributed by atoms with Gasteiger partial charge in [0, 0.05) is 76.9 Å². The van der Waals surface area contributed by atoms with Crippen molar-refractivity contribution >= 4 is 23.2 Å². The number of hydrogen-bond acceptors (Lipinski definition) is 14. The fourth-order valence-electron chi connectivity index (χ4n) is 6.08. The lowest BCUT2D eigenvalue weighted by atomic mass is 9.92. The molecule has 16 nitrogen and oxygen atoms in total. The minimum absolute atomic E-state index is 0.200. The van der Waals surface area contributed by atoms with E-state index in [0.29, 0.717) is 181 Å². The van der Waals surface area contributed by atoms with E-state index in [1.807, 2.05) is 74.4 Å². The molecule has 2 heterocycles. The molecule has 0 aromatic heterocycles. The van der Waals surface area contributed by atoms with E-state index in [9.17, 15) is 9.59 Å². The van der Waals surface area contributed by atoms with E-state index in [0.717, 1.165) is 11.4 Å². The maximum atomic E-state index is 14.8. The summed E-state index contributed by atoms with van der Waals surface area (Å²) >= 11 is 0. The summed E-state index contributed by atoms with van der Waals surface area (Å²) in [5.41, 5.74) is 3.90. The predicted molar refractivity (Wildman–Crippen MR) is 221 cm³/mol. The van der Waals surface area contributed by atoms with Crippen LogP contribution >= 0.6 is 0 Å². The number of rotatable bonds is 5. The molecule has 0 radical (unpaired) electrons. The van der Waals surface area contributed by atoms with Crippen molar-refractivity contribution in [3.05, 3.63) is 47.5 Å². The van der Waals surface area contributed by atoms with Gasteiger partial charge >= 0.3 is 0 Å². The maximum absolute atomic E-state index is 14.8. The Bertz CT molecular complexity index is 1320. The second-order valence-corrected chi connectivity index (χ2v) is 14.0. The van der Waals surface area contributed by atoms with E-state index in [4.69, 9.17) is 47.4 Å². The van der Waals surface area contributed by atoms with E-state index in [-0.39, 0.29) is 11.8 Å². The molecule has 0 bridgehead atoms. The molecule has 2 saturated heterocycles. The fraction of sp³-hybridized carbons (Fsp3) is 0.667. The summed E-state index contributed by atoms with van der Waals surface area (Å²) in [5.74, 6) is -0.399. The molecule has 4 rings (SSSR count). The van der Waals surface area contributed by atoms with E-state index in [2.05, 4.69) is 0 Å². The zero-order valence-electron chi connectivity index (χ0n) is 35.1. The molecule has 2 amide bonds. The quantitative estimate of drug-likeness (QED) is 0.437. The summed E-state index contributed by atoms with van der Waals surface area (Å²) < 4.78 is 57.1. The van der Waals surface area contributed by atoms with Crippen LogP contribution in [0.2, 0.25) is 0 Å². The van der Waals surface area contributed by atoms with Gasteiger partial charge in [0.25, 0.3) is 11.8 Å². The lowest BCUT2D eigenvalue weighted by molar-refractivity contribution is -0.0176. The third kappa shape index (κ3) is 17.0. The van der Waals surface area contributed by atoms with Crippen molar-refractivity contribution in [1.82, 2.24) is 9.80 Å². The zero-order chi connectivity index (χ0) is 41.2. The molecule has 2 aliphatic heterocycles. The Hall–Kier alpha value is -3.42. The highest BCUT2D eigenvalue weighted by molar-refractivity contribution is 6.07. The smallest absolute Gasteiger partial charge is 0.254 e. The summed E-state index contributed by atoms with van der Waals surface area (Å²) in [6.45, 7) is 9.52. The Morgan fingerprint density at radius 2 is 0.603 bits per heavy atom. The number of nitrogens with zero attached hydrogens (tertiary/aromatic N) is 4. The first kappa shape index (κ1) is 47.3. The molecule has 16 heteroatoms. The summed E-state index contributed by atoms with van der Waals surface area (Å²) in [7, 11) is 7.73. The number of anilines is 2. The average Bonchev–Trinajstić information content (AvgIpc) is 3.22. The molecule has 0 saturated carbocycles. The molecular formula is C42H66N4O12. The van der Waals surface area contributed by atoms with Crippen molar-refractivity contribution in [2.75, 3.05) is 196 Å². The second kappa shape index (κ2) is 28.1. The number of ether oxygens (including phenoxy) is 10. The lowest BCUT2D eigenvalue weighted by Crippen LogP contribution is -2.38. The van der Waals surface area contributed by atoms with Gasteiger partial charge in [-0.15, -0.1) is 0 Å². The van der Waals surface area contributed by atoms with Gasteiger partial charge in [-0.05, 0) is 35.4 Å². The molecule has 2 aromatic carbocycles. The third-order valence-electron chi connectivity index (χ3n) is 9.36. The molecule has 2 aromatic rings. The van der Waals surface area contributed by atoms with Crippen molar-refractivity contribution in [1.29, 1.82) is 0 Å². The van der Waals surface area contributed by atoms with Crippen molar-refractivity contribution < 1.29 is 57.0 Å². The van der Waals surface area contributed by atoms with Crippen LogP contribution in [0, 0.1) is 0 Å². The summed E-state index contributed by atoms with van der Waals surface area (Å²) in [4.78, 5) is 36.9. The van der Waals surface area contributed by atoms with Gasteiger partial charge in [0.05, 0.1) is 132 Å². The van der Waals surface area contributed by atoms with Gasteiger partial charge in [0.15, 0.2) is 0 Å². The van der Waals surface area contributed by atoms with Crippen LogP contribution in [0.25, 0.3) is 11.1 Å². The van der Waals surface area contributed by atoms with Crippen LogP contribution in [0.15, 0.2) is 36.4 Å². The van der Waals surface area contributed by atoms with Crippen LogP contribution in [0.5, 0.6) is 0 Å². The first-order chi connectivity index (χ1) is 28.4. The van der Waals surface area contributed by atoms with E-state index >= 15 is 0 Å². The van der Waals surface area contributed by atoms with Crippen molar-refractivity contribution in [2.24, 2.45) is 0 Å². The molecule has 58 heavy (non-hydrogen) atoms. The number of benzene rings is 2. The molecule has 0 aliphatic carbocycles. The maximum Gasteiger partial charge on any atom is 0.254 e. The van der Waals surface area contributed by atoms with Gasteiger partial charge in [-0.25, -0.2) is 0 Å². The monoisotopic (exact) mass is 818 g/mol. The average molecular weight is 819 g/mol. The van der Waals surface area contributed by atoms with Crippen molar-refractivity contribution in [3.63, 3.8) is 0 Å². The Balaban J connectivity index is 1.64. The summed E-state index contributed by atoms with van der Waals surface area (Å²) in [5, 5.41) is 0. The first-order valence-corrected chi connectivity index (χ1v) is 20.4. The Morgan fingerprint density at radius 3 is 0.828 bits per heavy atom. The van der Waals surface area contributed by atoms with E-state index in [1.54, 1.807) is 9.80 Å². The molecular weight excluding hydrogens is 752 g/mol.